The summed E-state index contributed by atoms with van der Waals surface area (Å²) in [5.41, 5.74) is 2.77. The van der Waals surface area contributed by atoms with Gasteiger partial charge in [0, 0.05) is 19.2 Å². The molecular formula is C22H27NO6. The Balaban J connectivity index is 1.86. The Morgan fingerprint density at radius 3 is 2.24 bits per heavy atom. The first-order valence-corrected chi connectivity index (χ1v) is 9.31. The molecule has 2 aromatic carbocycles. The van der Waals surface area contributed by atoms with Gasteiger partial charge < -0.3 is 28.6 Å². The average molecular weight is 401 g/mol. The van der Waals surface area contributed by atoms with Crippen LogP contribution in [0, 0.1) is 0 Å². The number of fused-ring (bicyclic) bond motifs is 1. The van der Waals surface area contributed by atoms with Gasteiger partial charge in [-0.3, -0.25) is 4.79 Å². The van der Waals surface area contributed by atoms with Crippen molar-refractivity contribution in [2.75, 3.05) is 42.1 Å². The minimum Gasteiger partial charge on any atom is -0.493 e. The highest BCUT2D eigenvalue weighted by Gasteiger charge is 2.31. The summed E-state index contributed by atoms with van der Waals surface area (Å²) in [6.07, 6.45) is 0.0196. The lowest BCUT2D eigenvalue weighted by Gasteiger charge is -2.35. The van der Waals surface area contributed by atoms with Crippen LogP contribution in [0.1, 0.15) is 22.8 Å². The number of carbonyl (C=O) groups is 1. The second-order valence-electron chi connectivity index (χ2n) is 6.73. The van der Waals surface area contributed by atoms with Gasteiger partial charge in [-0.25, -0.2) is 0 Å². The quantitative estimate of drug-likeness (QED) is 0.711. The van der Waals surface area contributed by atoms with Crippen LogP contribution in [0.4, 0.5) is 0 Å². The molecule has 0 saturated carbocycles. The molecule has 0 radical (unpaired) electrons. The Bertz CT molecular complexity index is 882. The van der Waals surface area contributed by atoms with Crippen molar-refractivity contribution in [1.29, 1.82) is 0 Å². The van der Waals surface area contributed by atoms with E-state index in [0.29, 0.717) is 36.1 Å². The van der Waals surface area contributed by atoms with Gasteiger partial charge in [-0.15, -0.1) is 0 Å². The Hall–Kier alpha value is -2.93. The predicted octanol–water partition coefficient (Wildman–Crippen LogP) is 2.99. The summed E-state index contributed by atoms with van der Waals surface area (Å²) in [6, 6.07) is 9.34. The predicted molar refractivity (Wildman–Crippen MR) is 108 cm³/mol. The summed E-state index contributed by atoms with van der Waals surface area (Å²) in [5.74, 6) is 2.50. The Kier molecular flexibility index (Phi) is 6.49. The number of methoxy groups -OCH3 is 5. The fourth-order valence-electron chi connectivity index (χ4n) is 3.69. The number of hydrogen-bond donors (Lipinski definition) is 0. The molecule has 0 aliphatic carbocycles. The van der Waals surface area contributed by atoms with Crippen molar-refractivity contribution >= 4 is 5.91 Å². The van der Waals surface area contributed by atoms with Crippen molar-refractivity contribution in [2.24, 2.45) is 0 Å². The van der Waals surface area contributed by atoms with Crippen LogP contribution in [0.2, 0.25) is 0 Å². The van der Waals surface area contributed by atoms with E-state index < -0.39 is 0 Å². The minimum atomic E-state index is -0.229. The van der Waals surface area contributed by atoms with Crippen LogP contribution in [-0.2, 0) is 22.5 Å². The van der Waals surface area contributed by atoms with Crippen LogP contribution in [0.5, 0.6) is 23.0 Å². The van der Waals surface area contributed by atoms with Crippen molar-refractivity contribution in [3.8, 4) is 23.0 Å². The van der Waals surface area contributed by atoms with E-state index >= 15 is 0 Å². The number of amides is 1. The van der Waals surface area contributed by atoms with E-state index in [0.717, 1.165) is 16.7 Å². The van der Waals surface area contributed by atoms with Crippen LogP contribution in [0.15, 0.2) is 30.3 Å². The number of hydrogen-bond acceptors (Lipinski definition) is 6. The maximum Gasteiger partial charge on any atom is 0.227 e. The molecule has 1 atom stereocenters. The van der Waals surface area contributed by atoms with Crippen LogP contribution in [-0.4, -0.2) is 52.9 Å². The van der Waals surface area contributed by atoms with Gasteiger partial charge in [0.1, 0.15) is 6.10 Å². The maximum absolute atomic E-state index is 13.1. The second-order valence-corrected chi connectivity index (χ2v) is 6.73. The molecule has 0 fully saturated rings. The zero-order chi connectivity index (χ0) is 21.0. The molecule has 1 amide bonds. The standard InChI is InChI=1S/C22H27NO6/c1-25-17-8-6-14(10-19(17)27-3)11-21(24)23-12-16-15(20(13-23)28-4)7-9-18(26-2)22(16)29-5/h6-10,20H,11-13H2,1-5H3. The largest absolute Gasteiger partial charge is 0.493 e. The Morgan fingerprint density at radius 2 is 1.62 bits per heavy atom. The van der Waals surface area contributed by atoms with Gasteiger partial charge >= 0.3 is 0 Å². The topological polar surface area (TPSA) is 66.5 Å². The summed E-state index contributed by atoms with van der Waals surface area (Å²) in [5, 5.41) is 0. The lowest BCUT2D eigenvalue weighted by molar-refractivity contribution is -0.133. The fraction of sp³-hybridized carbons (Fsp3) is 0.409. The zero-order valence-electron chi connectivity index (χ0n) is 17.5. The highest BCUT2D eigenvalue weighted by molar-refractivity contribution is 5.79. The lowest BCUT2D eigenvalue weighted by atomic mass is 9.95. The van der Waals surface area contributed by atoms with Gasteiger partial charge in [0.2, 0.25) is 5.91 Å². The molecular weight excluding hydrogens is 374 g/mol. The lowest BCUT2D eigenvalue weighted by Crippen LogP contribution is -2.39. The molecule has 7 nitrogen and oxygen atoms in total. The molecule has 0 N–H and O–H groups in total. The van der Waals surface area contributed by atoms with E-state index in [1.165, 1.54) is 0 Å². The monoisotopic (exact) mass is 401 g/mol. The first-order valence-electron chi connectivity index (χ1n) is 9.31. The third-order valence-electron chi connectivity index (χ3n) is 5.21. The normalized spacial score (nSPS) is 15.5. The van der Waals surface area contributed by atoms with Crippen molar-refractivity contribution in [2.45, 2.75) is 19.1 Å². The number of rotatable bonds is 7. The average Bonchev–Trinajstić information content (AvgIpc) is 2.76. The number of ether oxygens (including phenoxy) is 5. The summed E-state index contributed by atoms with van der Waals surface area (Å²) < 4.78 is 27.3. The fourth-order valence-corrected chi connectivity index (χ4v) is 3.69. The number of nitrogens with zero attached hydrogens (tertiary/aromatic N) is 1. The van der Waals surface area contributed by atoms with E-state index in [1.807, 2.05) is 24.3 Å². The van der Waals surface area contributed by atoms with Crippen molar-refractivity contribution in [3.05, 3.63) is 47.0 Å². The van der Waals surface area contributed by atoms with E-state index in [-0.39, 0.29) is 18.4 Å². The number of carbonyl (C=O) groups excluding carboxylic acids is 1. The van der Waals surface area contributed by atoms with E-state index in [1.54, 1.807) is 46.5 Å². The highest BCUT2D eigenvalue weighted by Crippen LogP contribution is 2.40. The van der Waals surface area contributed by atoms with Gasteiger partial charge in [-0.2, -0.15) is 0 Å². The van der Waals surface area contributed by atoms with Crippen molar-refractivity contribution in [3.63, 3.8) is 0 Å². The van der Waals surface area contributed by atoms with Crippen LogP contribution in [0.3, 0.4) is 0 Å². The van der Waals surface area contributed by atoms with Crippen LogP contribution < -0.4 is 18.9 Å². The smallest absolute Gasteiger partial charge is 0.227 e. The first-order chi connectivity index (χ1) is 14.1. The molecule has 0 saturated heterocycles. The molecule has 1 heterocycles. The van der Waals surface area contributed by atoms with Crippen LogP contribution in [0.25, 0.3) is 0 Å². The molecule has 1 unspecified atom stereocenters. The molecule has 1 aliphatic rings. The summed E-state index contributed by atoms with van der Waals surface area (Å²) in [6.45, 7) is 0.910. The highest BCUT2D eigenvalue weighted by atomic mass is 16.5. The number of benzene rings is 2. The SMILES string of the molecule is COc1ccc(CC(=O)N2Cc3c(ccc(OC)c3OC)C(OC)C2)cc1OC. The van der Waals surface area contributed by atoms with Gasteiger partial charge in [0.25, 0.3) is 0 Å². The molecule has 1 aliphatic heterocycles. The molecule has 29 heavy (non-hydrogen) atoms. The van der Waals surface area contributed by atoms with E-state index in [2.05, 4.69) is 0 Å². The zero-order valence-corrected chi connectivity index (χ0v) is 17.5. The Morgan fingerprint density at radius 1 is 0.931 bits per heavy atom. The van der Waals surface area contributed by atoms with Gasteiger partial charge in [0.05, 0.1) is 41.4 Å². The van der Waals surface area contributed by atoms with E-state index in [4.69, 9.17) is 23.7 Å². The third-order valence-corrected chi connectivity index (χ3v) is 5.21. The van der Waals surface area contributed by atoms with Crippen molar-refractivity contribution < 1.29 is 28.5 Å². The van der Waals surface area contributed by atoms with Gasteiger partial charge in [-0.1, -0.05) is 12.1 Å². The molecule has 7 heteroatoms. The van der Waals surface area contributed by atoms with E-state index in [9.17, 15) is 4.79 Å². The van der Waals surface area contributed by atoms with Gasteiger partial charge in [-0.05, 0) is 29.3 Å². The molecule has 0 bridgehead atoms. The molecule has 0 aromatic heterocycles. The Labute approximate surface area is 171 Å². The van der Waals surface area contributed by atoms with Crippen LogP contribution >= 0.6 is 0 Å². The summed E-state index contributed by atoms with van der Waals surface area (Å²) >= 11 is 0. The summed E-state index contributed by atoms with van der Waals surface area (Å²) in [4.78, 5) is 14.9. The van der Waals surface area contributed by atoms with Gasteiger partial charge in [0.15, 0.2) is 23.0 Å². The molecule has 156 valence electrons. The van der Waals surface area contributed by atoms with Crippen molar-refractivity contribution in [1.82, 2.24) is 4.90 Å². The molecule has 2 aromatic rings. The minimum absolute atomic E-state index is 0.00482. The third kappa shape index (κ3) is 4.10. The molecule has 3 rings (SSSR count). The molecule has 0 spiro atoms. The first kappa shape index (κ1) is 20.8. The maximum atomic E-state index is 13.1. The second kappa shape index (κ2) is 9.05. The summed E-state index contributed by atoms with van der Waals surface area (Å²) in [7, 11) is 8.01.